The van der Waals surface area contributed by atoms with E-state index in [-0.39, 0.29) is 11.3 Å². The molecule has 0 unspecified atom stereocenters. The van der Waals surface area contributed by atoms with Gasteiger partial charge in [-0.1, -0.05) is 0 Å². The molecule has 0 saturated heterocycles. The van der Waals surface area contributed by atoms with Crippen LogP contribution in [-0.2, 0) is 9.53 Å². The molecule has 4 nitrogen and oxygen atoms in total. The average molecular weight is 279 g/mol. The summed E-state index contributed by atoms with van der Waals surface area (Å²) in [6, 6.07) is 1.99. The number of carbonyl (C=O) groups is 1. The van der Waals surface area contributed by atoms with Gasteiger partial charge in [0.25, 0.3) is 0 Å². The number of carbonyl (C=O) groups excluding carboxylic acids is 1. The fourth-order valence-electron chi connectivity index (χ4n) is 1.31. The van der Waals surface area contributed by atoms with E-state index in [0.717, 1.165) is 10.4 Å². The van der Waals surface area contributed by atoms with Gasteiger partial charge in [-0.2, -0.15) is 0 Å². The molecule has 5 heteroatoms. The molecule has 1 rings (SSSR count). The Kier molecular flexibility index (Phi) is 6.02. The minimum atomic E-state index is -0.610. The molecule has 1 heterocycles. The maximum Gasteiger partial charge on any atom is 0.343 e. The SMILES string of the molecule is CCN=CC(C(=O)OC)=C(O)C=Cc1cc(C)cs1. The Hall–Kier alpha value is -1.88. The van der Waals surface area contributed by atoms with Gasteiger partial charge < -0.3 is 9.84 Å². The molecule has 0 amide bonds. The van der Waals surface area contributed by atoms with Crippen LogP contribution >= 0.6 is 11.3 Å². The van der Waals surface area contributed by atoms with Gasteiger partial charge in [0.05, 0.1) is 7.11 Å². The molecule has 0 radical (unpaired) electrons. The molecule has 1 aromatic rings. The predicted molar refractivity (Wildman–Crippen MR) is 78.8 cm³/mol. The van der Waals surface area contributed by atoms with Crippen LogP contribution in [0.1, 0.15) is 17.4 Å². The van der Waals surface area contributed by atoms with Gasteiger partial charge in [-0.05, 0) is 43.0 Å². The van der Waals surface area contributed by atoms with E-state index in [9.17, 15) is 9.90 Å². The molecule has 0 aromatic carbocycles. The van der Waals surface area contributed by atoms with E-state index in [4.69, 9.17) is 0 Å². The lowest BCUT2D eigenvalue weighted by atomic mass is 10.2. The van der Waals surface area contributed by atoms with Crippen molar-refractivity contribution in [3.05, 3.63) is 39.3 Å². The van der Waals surface area contributed by atoms with E-state index in [1.165, 1.54) is 19.4 Å². The first kappa shape index (κ1) is 15.2. The molecule has 0 aliphatic rings. The van der Waals surface area contributed by atoms with Gasteiger partial charge in [0.15, 0.2) is 0 Å². The number of hydrogen-bond acceptors (Lipinski definition) is 5. The molecule has 1 N–H and O–H groups in total. The third kappa shape index (κ3) is 4.71. The Morgan fingerprint density at radius 3 is 2.84 bits per heavy atom. The molecular weight excluding hydrogens is 262 g/mol. The van der Waals surface area contributed by atoms with Crippen molar-refractivity contribution in [2.75, 3.05) is 13.7 Å². The fourth-order valence-corrected chi connectivity index (χ4v) is 2.10. The van der Waals surface area contributed by atoms with E-state index in [0.29, 0.717) is 6.54 Å². The van der Waals surface area contributed by atoms with Gasteiger partial charge in [0.1, 0.15) is 11.3 Å². The number of esters is 1. The zero-order chi connectivity index (χ0) is 14.3. The first-order valence-corrected chi connectivity index (χ1v) is 6.71. The Labute approximate surface area is 116 Å². The normalized spacial score (nSPS) is 13.0. The smallest absolute Gasteiger partial charge is 0.343 e. The van der Waals surface area contributed by atoms with E-state index in [1.807, 2.05) is 25.3 Å². The number of methoxy groups -OCH3 is 1. The Morgan fingerprint density at radius 1 is 1.58 bits per heavy atom. The molecule has 0 spiro atoms. The number of aliphatic hydroxyl groups excluding tert-OH is 1. The molecule has 1 aromatic heterocycles. The minimum Gasteiger partial charge on any atom is -0.507 e. The van der Waals surface area contributed by atoms with Crippen LogP contribution in [0.25, 0.3) is 6.08 Å². The second-order valence-corrected chi connectivity index (χ2v) is 4.72. The van der Waals surface area contributed by atoms with Crippen molar-refractivity contribution >= 4 is 29.6 Å². The van der Waals surface area contributed by atoms with Gasteiger partial charge in [0, 0.05) is 17.6 Å². The van der Waals surface area contributed by atoms with Crippen molar-refractivity contribution < 1.29 is 14.6 Å². The standard InChI is InChI=1S/C14H17NO3S/c1-4-15-8-12(14(17)18-3)13(16)6-5-11-7-10(2)9-19-11/h5-9,16H,4H2,1-3H3. The van der Waals surface area contributed by atoms with Crippen LogP contribution in [0, 0.1) is 6.92 Å². The number of thiophene rings is 1. The molecule has 102 valence electrons. The second kappa shape index (κ2) is 7.53. The zero-order valence-electron chi connectivity index (χ0n) is 11.2. The van der Waals surface area contributed by atoms with Gasteiger partial charge >= 0.3 is 5.97 Å². The van der Waals surface area contributed by atoms with Crippen molar-refractivity contribution in [1.29, 1.82) is 0 Å². The van der Waals surface area contributed by atoms with Crippen LogP contribution in [0.3, 0.4) is 0 Å². The summed E-state index contributed by atoms with van der Waals surface area (Å²) < 4.78 is 4.61. The van der Waals surface area contributed by atoms with E-state index in [2.05, 4.69) is 9.73 Å². The van der Waals surface area contributed by atoms with Crippen molar-refractivity contribution in [2.24, 2.45) is 4.99 Å². The topological polar surface area (TPSA) is 58.9 Å². The second-order valence-electron chi connectivity index (χ2n) is 3.78. The molecular formula is C14H17NO3S. The van der Waals surface area contributed by atoms with E-state index < -0.39 is 5.97 Å². The number of hydrogen-bond donors (Lipinski definition) is 1. The minimum absolute atomic E-state index is 0.0499. The number of rotatable bonds is 5. The number of nitrogens with zero attached hydrogens (tertiary/aromatic N) is 1. The Morgan fingerprint density at radius 2 is 2.32 bits per heavy atom. The lowest BCUT2D eigenvalue weighted by molar-refractivity contribution is -0.135. The quantitative estimate of drug-likeness (QED) is 0.296. The number of allylic oxidation sites excluding steroid dienone is 1. The Balaban J connectivity index is 2.98. The summed E-state index contributed by atoms with van der Waals surface area (Å²) in [6.07, 6.45) is 4.54. The highest BCUT2D eigenvalue weighted by Crippen LogP contribution is 2.16. The van der Waals surface area contributed by atoms with Gasteiger partial charge in [-0.3, -0.25) is 4.99 Å². The van der Waals surface area contributed by atoms with Crippen LogP contribution in [0.2, 0.25) is 0 Å². The molecule has 0 saturated carbocycles. The summed E-state index contributed by atoms with van der Waals surface area (Å²) in [4.78, 5) is 16.5. The number of ether oxygens (including phenoxy) is 1. The number of aryl methyl sites for hydroxylation is 1. The average Bonchev–Trinajstić information content (AvgIpc) is 2.82. The molecule has 0 aliphatic heterocycles. The van der Waals surface area contributed by atoms with Crippen molar-refractivity contribution in [3.63, 3.8) is 0 Å². The third-order valence-corrected chi connectivity index (χ3v) is 3.26. The van der Waals surface area contributed by atoms with Crippen LogP contribution < -0.4 is 0 Å². The molecule has 0 bridgehead atoms. The summed E-state index contributed by atoms with van der Waals surface area (Å²) >= 11 is 1.56. The van der Waals surface area contributed by atoms with Gasteiger partial charge in [0.2, 0.25) is 0 Å². The Bertz CT molecular complexity index is 527. The van der Waals surface area contributed by atoms with Crippen molar-refractivity contribution in [1.82, 2.24) is 0 Å². The first-order valence-electron chi connectivity index (χ1n) is 5.83. The van der Waals surface area contributed by atoms with Gasteiger partial charge in [-0.25, -0.2) is 4.79 Å². The predicted octanol–water partition coefficient (Wildman–Crippen LogP) is 3.15. The van der Waals surface area contributed by atoms with Gasteiger partial charge in [-0.15, -0.1) is 11.3 Å². The highest BCUT2D eigenvalue weighted by atomic mass is 32.1. The molecule has 0 fully saturated rings. The highest BCUT2D eigenvalue weighted by Gasteiger charge is 2.11. The van der Waals surface area contributed by atoms with Crippen LogP contribution in [0.4, 0.5) is 0 Å². The number of aliphatic hydroxyl groups is 1. The van der Waals surface area contributed by atoms with E-state index in [1.54, 1.807) is 17.4 Å². The van der Waals surface area contributed by atoms with E-state index >= 15 is 0 Å². The molecule has 0 atom stereocenters. The summed E-state index contributed by atoms with van der Waals surface area (Å²) in [5.74, 6) is -0.767. The molecule has 0 aliphatic carbocycles. The first-order chi connectivity index (χ1) is 9.08. The lowest BCUT2D eigenvalue weighted by Crippen LogP contribution is -2.08. The van der Waals surface area contributed by atoms with Crippen LogP contribution in [0.15, 0.2) is 33.8 Å². The highest BCUT2D eigenvalue weighted by molar-refractivity contribution is 7.11. The summed E-state index contributed by atoms with van der Waals surface area (Å²) in [7, 11) is 1.27. The maximum absolute atomic E-state index is 11.5. The largest absolute Gasteiger partial charge is 0.507 e. The third-order valence-electron chi connectivity index (χ3n) is 2.24. The fraction of sp³-hybridized carbons (Fsp3) is 0.286. The summed E-state index contributed by atoms with van der Waals surface area (Å²) in [6.45, 7) is 4.37. The zero-order valence-corrected chi connectivity index (χ0v) is 12.0. The van der Waals surface area contributed by atoms with Crippen molar-refractivity contribution in [3.8, 4) is 0 Å². The monoisotopic (exact) mass is 279 g/mol. The van der Waals surface area contributed by atoms with Crippen LogP contribution in [0.5, 0.6) is 0 Å². The maximum atomic E-state index is 11.5. The lowest BCUT2D eigenvalue weighted by Gasteiger charge is -2.01. The summed E-state index contributed by atoms with van der Waals surface area (Å²) in [5.41, 5.74) is 1.21. The summed E-state index contributed by atoms with van der Waals surface area (Å²) in [5, 5.41) is 11.9. The number of aliphatic imine (C=N–C) groups is 1. The van der Waals surface area contributed by atoms with Crippen LogP contribution in [-0.4, -0.2) is 30.9 Å². The van der Waals surface area contributed by atoms with Crippen molar-refractivity contribution in [2.45, 2.75) is 13.8 Å². The molecule has 19 heavy (non-hydrogen) atoms.